The quantitative estimate of drug-likeness (QED) is 0.635. The molecule has 2 aliphatic rings. The molecular formula is C26H31FN2O3. The largest absolute Gasteiger partial charge is 0.381 e. The Morgan fingerprint density at radius 2 is 1.84 bits per heavy atom. The van der Waals surface area contributed by atoms with E-state index < -0.39 is 5.41 Å². The Morgan fingerprint density at radius 1 is 1.09 bits per heavy atom. The Morgan fingerprint density at radius 3 is 2.56 bits per heavy atom. The predicted octanol–water partition coefficient (Wildman–Crippen LogP) is 3.96. The van der Waals surface area contributed by atoms with Crippen molar-refractivity contribution in [1.29, 1.82) is 0 Å². The lowest BCUT2D eigenvalue weighted by Crippen LogP contribution is -2.46. The highest BCUT2D eigenvalue weighted by Crippen LogP contribution is 2.35. The summed E-state index contributed by atoms with van der Waals surface area (Å²) in [6.07, 6.45) is 4.31. The molecule has 2 aromatic carbocycles. The van der Waals surface area contributed by atoms with Crippen LogP contribution in [0.4, 0.5) is 4.39 Å². The van der Waals surface area contributed by atoms with Gasteiger partial charge in [-0.3, -0.25) is 9.59 Å². The number of carbonyl (C=O) groups excluding carboxylic acids is 2. The van der Waals surface area contributed by atoms with E-state index >= 15 is 0 Å². The molecule has 0 aliphatic carbocycles. The smallest absolute Gasteiger partial charge is 0.226 e. The zero-order chi connectivity index (χ0) is 22.4. The van der Waals surface area contributed by atoms with Crippen molar-refractivity contribution in [2.75, 3.05) is 32.8 Å². The van der Waals surface area contributed by atoms with Crippen molar-refractivity contribution >= 4 is 11.8 Å². The van der Waals surface area contributed by atoms with Crippen LogP contribution in [0.2, 0.25) is 0 Å². The number of amides is 2. The van der Waals surface area contributed by atoms with Gasteiger partial charge in [0, 0.05) is 39.3 Å². The summed E-state index contributed by atoms with van der Waals surface area (Å²) in [5, 5.41) is 3.12. The number of nitrogens with zero attached hydrogens (tertiary/aromatic N) is 1. The summed E-state index contributed by atoms with van der Waals surface area (Å²) >= 11 is 0. The molecule has 2 aromatic rings. The number of likely N-dealkylation sites (tertiary alicyclic amines) is 1. The lowest BCUT2D eigenvalue weighted by atomic mass is 9.74. The highest BCUT2D eigenvalue weighted by atomic mass is 19.1. The van der Waals surface area contributed by atoms with Gasteiger partial charge in [-0.1, -0.05) is 36.4 Å². The summed E-state index contributed by atoms with van der Waals surface area (Å²) < 4.78 is 19.2. The fraction of sp³-hybridized carbons (Fsp3) is 0.462. The second kappa shape index (κ2) is 10.3. The third kappa shape index (κ3) is 5.36. The molecule has 4 rings (SSSR count). The fourth-order valence-electron chi connectivity index (χ4n) is 4.77. The maximum Gasteiger partial charge on any atom is 0.226 e. The van der Waals surface area contributed by atoms with Crippen LogP contribution in [-0.2, 0) is 20.7 Å². The number of halogens is 1. The van der Waals surface area contributed by atoms with E-state index in [1.54, 1.807) is 6.07 Å². The summed E-state index contributed by atoms with van der Waals surface area (Å²) in [4.78, 5) is 26.9. The average Bonchev–Trinajstić information content (AvgIpc) is 3.22. The van der Waals surface area contributed by atoms with Gasteiger partial charge >= 0.3 is 0 Å². The summed E-state index contributed by atoms with van der Waals surface area (Å²) in [6, 6.07) is 14.6. The maximum absolute atomic E-state index is 13.7. The fourth-order valence-corrected chi connectivity index (χ4v) is 4.77. The molecule has 0 unspecified atom stereocenters. The van der Waals surface area contributed by atoms with Crippen LogP contribution < -0.4 is 5.32 Å². The molecule has 1 N–H and O–H groups in total. The molecule has 0 spiro atoms. The van der Waals surface area contributed by atoms with Crippen LogP contribution in [0.3, 0.4) is 0 Å². The lowest BCUT2D eigenvalue weighted by molar-refractivity contribution is -0.136. The van der Waals surface area contributed by atoms with Crippen LogP contribution in [0.25, 0.3) is 11.1 Å². The van der Waals surface area contributed by atoms with E-state index in [0.29, 0.717) is 52.0 Å². The number of hydrogen-bond acceptors (Lipinski definition) is 3. The molecule has 0 atom stereocenters. The second-order valence-corrected chi connectivity index (χ2v) is 8.87. The molecule has 0 bridgehead atoms. The molecule has 32 heavy (non-hydrogen) atoms. The van der Waals surface area contributed by atoms with Crippen LogP contribution in [0.5, 0.6) is 0 Å². The molecule has 2 amide bonds. The van der Waals surface area contributed by atoms with Gasteiger partial charge in [0.25, 0.3) is 0 Å². The van der Waals surface area contributed by atoms with Gasteiger partial charge in [0.15, 0.2) is 0 Å². The SMILES string of the molecule is O=C1CCCN1CCCNC(=O)C1(Cc2cccc(-c3cccc(F)c3)c2)CCOCC1. The van der Waals surface area contributed by atoms with Gasteiger partial charge in [0.05, 0.1) is 5.41 Å². The minimum Gasteiger partial charge on any atom is -0.381 e. The van der Waals surface area contributed by atoms with Crippen LogP contribution >= 0.6 is 0 Å². The second-order valence-electron chi connectivity index (χ2n) is 8.87. The third-order valence-corrected chi connectivity index (χ3v) is 6.62. The number of carbonyl (C=O) groups is 2. The third-order valence-electron chi connectivity index (χ3n) is 6.62. The van der Waals surface area contributed by atoms with E-state index in [1.165, 1.54) is 12.1 Å². The van der Waals surface area contributed by atoms with Crippen LogP contribution in [-0.4, -0.2) is 49.6 Å². The van der Waals surface area contributed by atoms with Gasteiger partial charge in [-0.2, -0.15) is 0 Å². The van der Waals surface area contributed by atoms with Gasteiger partial charge in [0.1, 0.15) is 5.82 Å². The predicted molar refractivity (Wildman–Crippen MR) is 121 cm³/mol. The van der Waals surface area contributed by atoms with Crippen LogP contribution in [0, 0.1) is 11.2 Å². The summed E-state index contributed by atoms with van der Waals surface area (Å²) in [6.45, 7) is 3.23. The zero-order valence-corrected chi connectivity index (χ0v) is 18.4. The van der Waals surface area contributed by atoms with E-state index in [2.05, 4.69) is 11.4 Å². The number of rotatable bonds is 8. The molecular weight excluding hydrogens is 407 g/mol. The van der Waals surface area contributed by atoms with Gasteiger partial charge in [-0.15, -0.1) is 0 Å². The number of nitrogens with one attached hydrogen (secondary N) is 1. The molecule has 2 saturated heterocycles. The van der Waals surface area contributed by atoms with Crippen LogP contribution in [0.15, 0.2) is 48.5 Å². The van der Waals surface area contributed by atoms with Crippen LogP contribution in [0.1, 0.15) is 37.7 Å². The number of ether oxygens (including phenoxy) is 1. The van der Waals surface area contributed by atoms with E-state index in [-0.39, 0.29) is 17.6 Å². The molecule has 0 saturated carbocycles. The van der Waals surface area contributed by atoms with Gasteiger partial charge in [0.2, 0.25) is 11.8 Å². The van der Waals surface area contributed by atoms with E-state index in [9.17, 15) is 14.0 Å². The Hall–Kier alpha value is -2.73. The monoisotopic (exact) mass is 438 g/mol. The minimum absolute atomic E-state index is 0.0599. The molecule has 2 fully saturated rings. The average molecular weight is 439 g/mol. The minimum atomic E-state index is -0.512. The van der Waals surface area contributed by atoms with Crippen molar-refractivity contribution in [3.8, 4) is 11.1 Å². The van der Waals surface area contributed by atoms with Crippen molar-refractivity contribution in [1.82, 2.24) is 10.2 Å². The normalized spacial score (nSPS) is 18.0. The number of benzene rings is 2. The molecule has 170 valence electrons. The standard InChI is InChI=1S/C26H31FN2O3/c27-23-8-2-7-22(18-23)21-6-1-5-20(17-21)19-26(10-15-32-16-11-26)25(31)28-12-4-14-29-13-3-9-24(29)30/h1-2,5-8,17-18H,3-4,9-16,19H2,(H,28,31). The first-order chi connectivity index (χ1) is 15.6. The van der Waals surface area contributed by atoms with Crippen molar-refractivity contribution in [3.63, 3.8) is 0 Å². The molecule has 6 heteroatoms. The first kappa shape index (κ1) is 22.5. The molecule has 2 aliphatic heterocycles. The zero-order valence-electron chi connectivity index (χ0n) is 18.4. The van der Waals surface area contributed by atoms with Crippen molar-refractivity contribution < 1.29 is 18.7 Å². The molecule has 2 heterocycles. The Bertz CT molecular complexity index is 956. The topological polar surface area (TPSA) is 58.6 Å². The highest BCUT2D eigenvalue weighted by molar-refractivity contribution is 5.83. The molecule has 5 nitrogen and oxygen atoms in total. The first-order valence-electron chi connectivity index (χ1n) is 11.5. The van der Waals surface area contributed by atoms with Gasteiger partial charge in [-0.25, -0.2) is 4.39 Å². The van der Waals surface area contributed by atoms with Crippen molar-refractivity contribution in [2.24, 2.45) is 5.41 Å². The van der Waals surface area contributed by atoms with E-state index in [4.69, 9.17) is 4.74 Å². The summed E-state index contributed by atoms with van der Waals surface area (Å²) in [7, 11) is 0. The number of hydrogen-bond donors (Lipinski definition) is 1. The lowest BCUT2D eigenvalue weighted by Gasteiger charge is -2.36. The Labute approximate surface area is 188 Å². The molecule has 0 radical (unpaired) electrons. The summed E-state index contributed by atoms with van der Waals surface area (Å²) in [5.41, 5.74) is 2.32. The van der Waals surface area contributed by atoms with E-state index in [0.717, 1.165) is 36.1 Å². The van der Waals surface area contributed by atoms with Gasteiger partial charge in [-0.05, 0) is 60.9 Å². The first-order valence-corrected chi connectivity index (χ1v) is 11.5. The highest BCUT2D eigenvalue weighted by Gasteiger charge is 2.40. The van der Waals surface area contributed by atoms with Crippen molar-refractivity contribution in [3.05, 3.63) is 59.9 Å². The van der Waals surface area contributed by atoms with Gasteiger partial charge < -0.3 is 15.0 Å². The molecule has 0 aromatic heterocycles. The summed E-state index contributed by atoms with van der Waals surface area (Å²) in [5.74, 6) is 0.0175. The Kier molecular flexibility index (Phi) is 7.20. The van der Waals surface area contributed by atoms with E-state index in [1.807, 2.05) is 29.2 Å². The van der Waals surface area contributed by atoms with Crippen molar-refractivity contribution in [2.45, 2.75) is 38.5 Å². The maximum atomic E-state index is 13.7. The Balaban J connectivity index is 1.42.